The summed E-state index contributed by atoms with van der Waals surface area (Å²) in [6, 6.07) is 7.39. The van der Waals surface area contributed by atoms with Crippen LogP contribution < -0.4 is 11.5 Å². The highest BCUT2D eigenvalue weighted by atomic mass is 32.1. The molecule has 0 aliphatic heterocycles. The molecule has 27 heavy (non-hydrogen) atoms. The number of hydrogen-bond donors (Lipinski definition) is 4. The van der Waals surface area contributed by atoms with E-state index in [0.717, 1.165) is 23.3 Å². The summed E-state index contributed by atoms with van der Waals surface area (Å²) in [5, 5.41) is 9.08. The van der Waals surface area contributed by atoms with Gasteiger partial charge in [0.1, 0.15) is 10.9 Å². The van der Waals surface area contributed by atoms with Gasteiger partial charge in [0.2, 0.25) is 0 Å². The van der Waals surface area contributed by atoms with E-state index < -0.39 is 17.0 Å². The van der Waals surface area contributed by atoms with Crippen molar-refractivity contribution in [2.24, 2.45) is 23.3 Å². The molecule has 8 heteroatoms. The maximum absolute atomic E-state index is 11.1. The number of carbonyl (C=O) groups excluding carboxylic acids is 1. The van der Waals surface area contributed by atoms with Crippen LogP contribution in [0, 0.1) is 11.8 Å². The van der Waals surface area contributed by atoms with Gasteiger partial charge in [-0.1, -0.05) is 39.8 Å². The van der Waals surface area contributed by atoms with E-state index in [2.05, 4.69) is 45.3 Å². The fraction of sp³-hybridized carbons (Fsp3) is 0.526. The van der Waals surface area contributed by atoms with Gasteiger partial charge in [0.15, 0.2) is 5.12 Å². The molecule has 0 bridgehead atoms. The van der Waals surface area contributed by atoms with Gasteiger partial charge in [0.25, 0.3) is 0 Å². The van der Waals surface area contributed by atoms with E-state index in [4.69, 9.17) is 16.6 Å². The Kier molecular flexibility index (Phi) is 12.9. The quantitative estimate of drug-likeness (QED) is 0.538. The molecule has 0 radical (unpaired) electrons. The number of nitrogens with two attached hydrogens (primary N) is 2. The van der Waals surface area contributed by atoms with Gasteiger partial charge in [-0.3, -0.25) is 9.59 Å². The van der Waals surface area contributed by atoms with Crippen molar-refractivity contribution in [3.63, 3.8) is 0 Å². The molecule has 1 heterocycles. The fourth-order valence-electron chi connectivity index (χ4n) is 1.49. The third-order valence-corrected chi connectivity index (χ3v) is 4.56. The van der Waals surface area contributed by atoms with Crippen LogP contribution in [0.15, 0.2) is 24.3 Å². The number of thiol groups is 1. The minimum atomic E-state index is -1.05. The van der Waals surface area contributed by atoms with Crippen LogP contribution in [-0.4, -0.2) is 34.3 Å². The van der Waals surface area contributed by atoms with Crippen LogP contribution in [0.4, 0.5) is 0 Å². The predicted octanol–water partition coefficient (Wildman–Crippen LogP) is 3.51. The van der Waals surface area contributed by atoms with Crippen LogP contribution >= 0.6 is 24.0 Å². The van der Waals surface area contributed by atoms with E-state index in [1.807, 2.05) is 24.3 Å². The van der Waals surface area contributed by atoms with E-state index in [1.54, 1.807) is 0 Å². The lowest BCUT2D eigenvalue weighted by molar-refractivity contribution is -0.139. The molecule has 1 aromatic heterocycles. The molecule has 152 valence electrons. The average Bonchev–Trinajstić information content (AvgIpc) is 3.03. The number of aliphatic carboxylic acids is 1. The van der Waals surface area contributed by atoms with Gasteiger partial charge < -0.3 is 16.6 Å². The normalized spacial score (nSPS) is 11.4. The predicted molar refractivity (Wildman–Crippen MR) is 116 cm³/mol. The molecule has 1 unspecified atom stereocenters. The summed E-state index contributed by atoms with van der Waals surface area (Å²) in [7, 11) is 0. The van der Waals surface area contributed by atoms with Crippen LogP contribution in [-0.2, 0) is 9.59 Å². The topological polar surface area (TPSA) is 119 Å². The Labute approximate surface area is 170 Å². The number of nitrogens with zero attached hydrogens (tertiary/aromatic N) is 1. The lowest BCUT2D eigenvalue weighted by atomic mass is 10.1. The minimum Gasteiger partial charge on any atom is -0.481 e. The first-order valence-electron chi connectivity index (χ1n) is 8.82. The van der Waals surface area contributed by atoms with Gasteiger partial charge in [-0.2, -0.15) is 0 Å². The zero-order chi connectivity index (χ0) is 21.0. The molecule has 0 amide bonds. The van der Waals surface area contributed by atoms with E-state index in [1.165, 1.54) is 11.3 Å². The Bertz CT molecular complexity index is 661. The van der Waals surface area contributed by atoms with Crippen molar-refractivity contribution in [1.29, 1.82) is 0 Å². The number of fused-ring (bicyclic) bond motifs is 1. The Morgan fingerprint density at radius 3 is 1.96 bits per heavy atom. The fourth-order valence-corrected chi connectivity index (χ4v) is 2.74. The summed E-state index contributed by atoms with van der Waals surface area (Å²) in [6.45, 7) is 10.0. The molecule has 2 aromatic rings. The maximum atomic E-state index is 11.1. The molecular formula is C19H31N3O3S2. The van der Waals surface area contributed by atoms with Gasteiger partial charge in [-0.25, -0.2) is 4.98 Å². The van der Waals surface area contributed by atoms with E-state index in [0.29, 0.717) is 16.8 Å². The van der Waals surface area contributed by atoms with Gasteiger partial charge in [-0.05, 0) is 37.1 Å². The number of para-hydroxylation sites is 1. The molecule has 0 spiro atoms. The van der Waals surface area contributed by atoms with Gasteiger partial charge >= 0.3 is 5.97 Å². The number of carbonyl (C=O) groups is 2. The van der Waals surface area contributed by atoms with Crippen molar-refractivity contribution < 1.29 is 14.7 Å². The lowest BCUT2D eigenvalue weighted by Gasteiger charge is -2.05. The second kappa shape index (κ2) is 13.7. The summed E-state index contributed by atoms with van der Waals surface area (Å²) in [4.78, 5) is 26.3. The molecule has 1 atom stereocenters. The van der Waals surface area contributed by atoms with Crippen molar-refractivity contribution in [3.05, 3.63) is 29.3 Å². The molecular weight excluding hydrogens is 382 g/mol. The molecule has 0 aliphatic carbocycles. The van der Waals surface area contributed by atoms with Crippen molar-refractivity contribution in [1.82, 2.24) is 4.98 Å². The largest absolute Gasteiger partial charge is 0.481 e. The lowest BCUT2D eigenvalue weighted by Crippen LogP contribution is -2.13. The Hall–Kier alpha value is -1.48. The first kappa shape index (κ1) is 25.5. The Morgan fingerprint density at radius 1 is 1.11 bits per heavy atom. The summed E-state index contributed by atoms with van der Waals surface area (Å²) in [6.07, 6.45) is -0.141. The van der Waals surface area contributed by atoms with Crippen molar-refractivity contribution >= 4 is 45.3 Å². The SMILES string of the molecule is CC(C)CN.CC(C)CN.O=C(S)CC(C(=O)O)c1nc2ccccc2s1. The van der Waals surface area contributed by atoms with Crippen LogP contribution in [0.25, 0.3) is 10.2 Å². The third-order valence-electron chi connectivity index (χ3n) is 3.23. The third kappa shape index (κ3) is 11.1. The van der Waals surface area contributed by atoms with Gasteiger partial charge in [0, 0.05) is 6.42 Å². The smallest absolute Gasteiger partial charge is 0.313 e. The summed E-state index contributed by atoms with van der Waals surface area (Å²) < 4.78 is 0.917. The number of aromatic nitrogens is 1. The molecule has 0 fully saturated rings. The number of carboxylic acid groups (broad SMARTS) is 1. The minimum absolute atomic E-state index is 0.141. The molecule has 2 rings (SSSR count). The molecule has 0 aliphatic rings. The average molecular weight is 414 g/mol. The second-order valence-electron chi connectivity index (χ2n) is 6.77. The van der Waals surface area contributed by atoms with Crippen LogP contribution in [0.2, 0.25) is 0 Å². The van der Waals surface area contributed by atoms with Crippen molar-refractivity contribution in [3.8, 4) is 0 Å². The highest BCUT2D eigenvalue weighted by Crippen LogP contribution is 2.29. The number of rotatable bonds is 6. The standard InChI is InChI=1S/C11H9NO3S2.2C4H11N/c13-9(16)5-6(11(14)15)10-12-7-3-1-2-4-8(7)17-10;2*1-4(2)3-5/h1-4,6H,5H2,(H,13,16)(H,14,15);2*4H,3,5H2,1-2H3. The summed E-state index contributed by atoms with van der Waals surface area (Å²) in [5.74, 6) is -0.631. The van der Waals surface area contributed by atoms with Crippen LogP contribution in [0.3, 0.4) is 0 Å². The summed E-state index contributed by atoms with van der Waals surface area (Å²) >= 11 is 4.92. The first-order valence-corrected chi connectivity index (χ1v) is 10.1. The maximum Gasteiger partial charge on any atom is 0.313 e. The highest BCUT2D eigenvalue weighted by Gasteiger charge is 2.25. The molecule has 1 aromatic carbocycles. The second-order valence-corrected chi connectivity index (χ2v) is 8.33. The molecule has 0 saturated heterocycles. The summed E-state index contributed by atoms with van der Waals surface area (Å²) in [5.41, 5.74) is 11.1. The monoisotopic (exact) mass is 413 g/mol. The number of thiazole rings is 1. The number of carboxylic acids is 1. The first-order chi connectivity index (χ1) is 12.6. The van der Waals surface area contributed by atoms with Crippen LogP contribution in [0.1, 0.15) is 45.0 Å². The van der Waals surface area contributed by atoms with Crippen molar-refractivity contribution in [2.75, 3.05) is 13.1 Å². The van der Waals surface area contributed by atoms with E-state index >= 15 is 0 Å². The zero-order valence-corrected chi connectivity index (χ0v) is 18.1. The molecule has 5 N–H and O–H groups in total. The zero-order valence-electron chi connectivity index (χ0n) is 16.4. The van der Waals surface area contributed by atoms with E-state index in [-0.39, 0.29) is 6.42 Å². The number of benzene rings is 1. The van der Waals surface area contributed by atoms with Gasteiger partial charge in [0.05, 0.1) is 10.2 Å². The van der Waals surface area contributed by atoms with Crippen LogP contribution in [0.5, 0.6) is 0 Å². The Morgan fingerprint density at radius 2 is 1.59 bits per heavy atom. The molecule has 0 saturated carbocycles. The Balaban J connectivity index is 0.000000563. The molecule has 6 nitrogen and oxygen atoms in total. The highest BCUT2D eigenvalue weighted by molar-refractivity contribution is 7.96. The van der Waals surface area contributed by atoms with Gasteiger partial charge in [-0.15, -0.1) is 24.0 Å². The van der Waals surface area contributed by atoms with Crippen molar-refractivity contribution in [2.45, 2.75) is 40.0 Å². The number of hydrogen-bond acceptors (Lipinski definition) is 6. The van der Waals surface area contributed by atoms with E-state index in [9.17, 15) is 9.59 Å².